The average molecular weight is 400 g/mol. The summed E-state index contributed by atoms with van der Waals surface area (Å²) in [5.41, 5.74) is 0.761. The van der Waals surface area contributed by atoms with Gasteiger partial charge in [-0.3, -0.25) is 15.2 Å². The molecule has 3 rings (SSSR count). The van der Waals surface area contributed by atoms with Gasteiger partial charge >= 0.3 is 6.03 Å². The Labute approximate surface area is 170 Å². The van der Waals surface area contributed by atoms with Crippen molar-refractivity contribution in [1.82, 2.24) is 25.0 Å². The van der Waals surface area contributed by atoms with E-state index in [4.69, 9.17) is 4.74 Å². The number of urea groups is 1. The van der Waals surface area contributed by atoms with Crippen LogP contribution in [-0.4, -0.2) is 70.2 Å². The van der Waals surface area contributed by atoms with Crippen molar-refractivity contribution >= 4 is 17.9 Å². The summed E-state index contributed by atoms with van der Waals surface area (Å²) in [5.74, 6) is 0.936. The van der Waals surface area contributed by atoms with E-state index in [2.05, 4.69) is 20.5 Å². The van der Waals surface area contributed by atoms with Crippen LogP contribution in [0.2, 0.25) is 0 Å². The molecule has 1 fully saturated rings. The predicted octanol–water partition coefficient (Wildman–Crippen LogP) is 2.59. The van der Waals surface area contributed by atoms with Crippen molar-refractivity contribution in [3.8, 4) is 17.1 Å². The third kappa shape index (κ3) is 4.67. The number of H-pyrrole nitrogens is 1. The molecule has 1 atom stereocenters. The number of hydrogen-bond donors (Lipinski definition) is 2. The zero-order valence-electron chi connectivity index (χ0n) is 17.1. The van der Waals surface area contributed by atoms with Crippen LogP contribution >= 0.6 is 0 Å². The Balaban J connectivity index is 1.65. The molecule has 1 aromatic heterocycles. The number of rotatable bonds is 6. The molecule has 0 saturated carbocycles. The number of para-hydroxylation sites is 1. The number of methoxy groups -OCH3 is 1. The van der Waals surface area contributed by atoms with E-state index < -0.39 is 0 Å². The van der Waals surface area contributed by atoms with Crippen LogP contribution in [-0.2, 0) is 4.79 Å². The lowest BCUT2D eigenvalue weighted by atomic mass is 9.97. The monoisotopic (exact) mass is 400 g/mol. The maximum Gasteiger partial charge on any atom is 0.320 e. The number of benzene rings is 1. The fourth-order valence-electron chi connectivity index (χ4n) is 3.55. The largest absolute Gasteiger partial charge is 0.496 e. The zero-order valence-corrected chi connectivity index (χ0v) is 17.1. The van der Waals surface area contributed by atoms with Crippen LogP contribution in [0.3, 0.4) is 0 Å². The van der Waals surface area contributed by atoms with Gasteiger partial charge in [-0.25, -0.2) is 4.79 Å². The number of nitrogens with one attached hydrogen (secondary N) is 2. The van der Waals surface area contributed by atoms with Crippen LogP contribution in [0.5, 0.6) is 5.75 Å². The second-order valence-electron chi connectivity index (χ2n) is 6.94. The standard InChI is InChI=1S/C20H28N6O3/c1-4-25(5-2)20(28)26-12-8-9-14(13-26)18(27)22-19-21-17(23-24-19)15-10-6-7-11-16(15)29-3/h6-7,10-11,14H,4-5,8-9,12-13H2,1-3H3,(H2,21,22,23,24,27)/t14-/m1/s1. The van der Waals surface area contributed by atoms with Gasteiger partial charge in [-0.2, -0.15) is 4.98 Å². The first-order chi connectivity index (χ1) is 14.1. The average Bonchev–Trinajstić information content (AvgIpc) is 3.22. The van der Waals surface area contributed by atoms with Crippen molar-refractivity contribution in [2.24, 2.45) is 5.92 Å². The normalized spacial score (nSPS) is 16.4. The van der Waals surface area contributed by atoms with Crippen LogP contribution in [0.15, 0.2) is 24.3 Å². The number of piperidine rings is 1. The van der Waals surface area contributed by atoms with Crippen molar-refractivity contribution in [3.05, 3.63) is 24.3 Å². The predicted molar refractivity (Wildman–Crippen MR) is 110 cm³/mol. The molecule has 1 aliphatic rings. The highest BCUT2D eigenvalue weighted by Crippen LogP contribution is 2.27. The first-order valence-corrected chi connectivity index (χ1v) is 9.97. The van der Waals surface area contributed by atoms with Crippen molar-refractivity contribution in [1.29, 1.82) is 0 Å². The quantitative estimate of drug-likeness (QED) is 0.776. The Hall–Kier alpha value is -3.10. The van der Waals surface area contributed by atoms with Gasteiger partial charge in [0.25, 0.3) is 0 Å². The van der Waals surface area contributed by atoms with Crippen molar-refractivity contribution in [2.45, 2.75) is 26.7 Å². The minimum absolute atomic E-state index is 0.0103. The third-order valence-corrected chi connectivity index (χ3v) is 5.18. The van der Waals surface area contributed by atoms with Gasteiger partial charge in [0, 0.05) is 26.2 Å². The number of aromatic amines is 1. The van der Waals surface area contributed by atoms with Gasteiger partial charge in [0.05, 0.1) is 18.6 Å². The van der Waals surface area contributed by atoms with E-state index in [1.54, 1.807) is 16.9 Å². The van der Waals surface area contributed by atoms with Crippen LogP contribution in [0.4, 0.5) is 10.7 Å². The van der Waals surface area contributed by atoms with E-state index >= 15 is 0 Å². The molecule has 0 radical (unpaired) electrons. The van der Waals surface area contributed by atoms with E-state index in [1.165, 1.54) is 0 Å². The van der Waals surface area contributed by atoms with Crippen molar-refractivity contribution < 1.29 is 14.3 Å². The first-order valence-electron chi connectivity index (χ1n) is 9.97. The van der Waals surface area contributed by atoms with Gasteiger partial charge in [0.15, 0.2) is 5.82 Å². The molecule has 0 spiro atoms. The summed E-state index contributed by atoms with van der Waals surface area (Å²) < 4.78 is 5.34. The number of likely N-dealkylation sites (tertiary alicyclic amines) is 1. The lowest BCUT2D eigenvalue weighted by Gasteiger charge is -2.35. The van der Waals surface area contributed by atoms with Gasteiger partial charge < -0.3 is 14.5 Å². The number of nitrogens with zero attached hydrogens (tertiary/aromatic N) is 4. The summed E-state index contributed by atoms with van der Waals surface area (Å²) in [6.45, 7) is 6.32. The molecule has 156 valence electrons. The number of ether oxygens (including phenoxy) is 1. The van der Waals surface area contributed by atoms with Gasteiger partial charge in [0.2, 0.25) is 11.9 Å². The summed E-state index contributed by atoms with van der Waals surface area (Å²) in [7, 11) is 1.59. The molecule has 1 saturated heterocycles. The van der Waals surface area contributed by atoms with Crippen molar-refractivity contribution in [2.75, 3.05) is 38.6 Å². The minimum Gasteiger partial charge on any atom is -0.496 e. The summed E-state index contributed by atoms with van der Waals surface area (Å²) >= 11 is 0. The van der Waals surface area contributed by atoms with Crippen molar-refractivity contribution in [3.63, 3.8) is 0 Å². The van der Waals surface area contributed by atoms with Crippen LogP contribution in [0.25, 0.3) is 11.4 Å². The summed E-state index contributed by atoms with van der Waals surface area (Å²) in [6.07, 6.45) is 1.53. The van der Waals surface area contributed by atoms with Crippen LogP contribution in [0.1, 0.15) is 26.7 Å². The fourth-order valence-corrected chi connectivity index (χ4v) is 3.55. The molecule has 0 aliphatic carbocycles. The lowest BCUT2D eigenvalue weighted by molar-refractivity contribution is -0.121. The number of amides is 3. The van der Waals surface area contributed by atoms with Gasteiger partial charge in [0.1, 0.15) is 5.75 Å². The van der Waals surface area contributed by atoms with Gasteiger partial charge in [-0.1, -0.05) is 12.1 Å². The number of carbonyl (C=O) groups is 2. The molecule has 2 N–H and O–H groups in total. The first kappa shape index (κ1) is 20.6. The minimum atomic E-state index is -0.281. The Kier molecular flexibility index (Phi) is 6.69. The molecule has 9 heteroatoms. The SMILES string of the molecule is CCN(CC)C(=O)N1CCC[C@@H](C(=O)Nc2n[nH]c(-c3ccccc3OC)n2)C1. The highest BCUT2D eigenvalue weighted by Gasteiger charge is 2.30. The molecule has 2 heterocycles. The molecule has 0 unspecified atom stereocenters. The van der Waals surface area contributed by atoms with Crippen LogP contribution in [0, 0.1) is 5.92 Å². The molecular formula is C20H28N6O3. The summed E-state index contributed by atoms with van der Waals surface area (Å²) in [5, 5.41) is 9.71. The second-order valence-corrected chi connectivity index (χ2v) is 6.94. The topological polar surface area (TPSA) is 103 Å². The van der Waals surface area contributed by atoms with E-state index in [1.807, 2.05) is 38.1 Å². The Morgan fingerprint density at radius 3 is 2.79 bits per heavy atom. The van der Waals surface area contributed by atoms with Crippen LogP contribution < -0.4 is 10.1 Å². The Bertz CT molecular complexity index is 848. The number of carbonyl (C=O) groups excluding carboxylic acids is 2. The molecule has 2 aromatic rings. The molecule has 9 nitrogen and oxygen atoms in total. The van der Waals surface area contributed by atoms with Gasteiger partial charge in [-0.15, -0.1) is 5.10 Å². The van der Waals surface area contributed by atoms with E-state index in [0.717, 1.165) is 18.4 Å². The summed E-state index contributed by atoms with van der Waals surface area (Å²) in [4.78, 5) is 33.2. The number of hydrogen-bond acceptors (Lipinski definition) is 5. The lowest BCUT2D eigenvalue weighted by Crippen LogP contribution is -2.49. The maximum atomic E-state index is 12.7. The Morgan fingerprint density at radius 2 is 2.07 bits per heavy atom. The molecule has 1 aliphatic heterocycles. The Morgan fingerprint density at radius 1 is 1.31 bits per heavy atom. The highest BCUT2D eigenvalue weighted by atomic mass is 16.5. The molecular weight excluding hydrogens is 372 g/mol. The molecule has 3 amide bonds. The zero-order chi connectivity index (χ0) is 20.8. The molecule has 29 heavy (non-hydrogen) atoms. The fraction of sp³-hybridized carbons (Fsp3) is 0.500. The second kappa shape index (κ2) is 9.40. The van der Waals surface area contributed by atoms with E-state index in [-0.39, 0.29) is 23.8 Å². The number of aromatic nitrogens is 3. The summed E-state index contributed by atoms with van der Waals surface area (Å²) in [6, 6.07) is 7.43. The third-order valence-electron chi connectivity index (χ3n) is 5.18. The molecule has 1 aromatic carbocycles. The maximum absolute atomic E-state index is 12.7. The molecule has 0 bridgehead atoms. The number of anilines is 1. The van der Waals surface area contributed by atoms with E-state index in [9.17, 15) is 9.59 Å². The highest BCUT2D eigenvalue weighted by molar-refractivity contribution is 5.91. The van der Waals surface area contributed by atoms with Gasteiger partial charge in [-0.05, 0) is 38.8 Å². The smallest absolute Gasteiger partial charge is 0.320 e. The van der Waals surface area contributed by atoms with E-state index in [0.29, 0.717) is 37.8 Å².